The molecule has 3 aromatic rings. The first kappa shape index (κ1) is 25.2. The molecule has 0 bridgehead atoms. The Morgan fingerprint density at radius 1 is 0.914 bits per heavy atom. The van der Waals surface area contributed by atoms with E-state index >= 15 is 0 Å². The Hall–Kier alpha value is -2.94. The number of pyridine rings is 2. The van der Waals surface area contributed by atoms with E-state index in [9.17, 15) is 21.6 Å². The summed E-state index contributed by atoms with van der Waals surface area (Å²) in [6, 6.07) is 13.7. The fourth-order valence-corrected chi connectivity index (χ4v) is 5.59. The highest BCUT2D eigenvalue weighted by Gasteiger charge is 2.35. The number of sulfone groups is 1. The maximum Gasteiger partial charge on any atom is 0.418 e. The van der Waals surface area contributed by atoms with Gasteiger partial charge in [0.05, 0.1) is 22.7 Å². The Labute approximate surface area is 204 Å². The van der Waals surface area contributed by atoms with Crippen molar-refractivity contribution in [1.82, 2.24) is 9.97 Å². The smallest absolute Gasteiger partial charge is 0.357 e. The van der Waals surface area contributed by atoms with Crippen molar-refractivity contribution in [2.75, 3.05) is 18.0 Å². The Balaban J connectivity index is 1.72. The number of hydrogen-bond acceptors (Lipinski definition) is 5. The molecule has 0 atom stereocenters. The first-order valence-electron chi connectivity index (χ1n) is 11.7. The van der Waals surface area contributed by atoms with Crippen molar-refractivity contribution in [3.05, 3.63) is 71.4 Å². The van der Waals surface area contributed by atoms with Gasteiger partial charge in [-0.1, -0.05) is 44.2 Å². The Bertz CT molecular complexity index is 1300. The first-order chi connectivity index (χ1) is 16.6. The normalized spacial score (nSPS) is 15.0. The molecule has 35 heavy (non-hydrogen) atoms. The van der Waals surface area contributed by atoms with Crippen molar-refractivity contribution in [2.24, 2.45) is 0 Å². The van der Waals surface area contributed by atoms with Crippen LogP contribution in [-0.2, 0) is 21.8 Å². The van der Waals surface area contributed by atoms with Crippen LogP contribution in [0.3, 0.4) is 0 Å². The molecule has 1 aromatic carbocycles. The van der Waals surface area contributed by atoms with Crippen molar-refractivity contribution in [2.45, 2.75) is 56.0 Å². The van der Waals surface area contributed by atoms with E-state index in [1.165, 1.54) is 6.07 Å². The summed E-state index contributed by atoms with van der Waals surface area (Å²) >= 11 is 0. The molecular formula is C26H28F3N3O2S. The average molecular weight is 504 g/mol. The van der Waals surface area contributed by atoms with Crippen molar-refractivity contribution in [3.63, 3.8) is 0 Å². The van der Waals surface area contributed by atoms with Gasteiger partial charge in [-0.3, -0.25) is 4.98 Å². The highest BCUT2D eigenvalue weighted by atomic mass is 32.2. The van der Waals surface area contributed by atoms with E-state index in [2.05, 4.69) is 14.9 Å². The summed E-state index contributed by atoms with van der Waals surface area (Å²) in [5, 5.41) is -0.105. The van der Waals surface area contributed by atoms with Crippen LogP contribution in [-0.4, -0.2) is 31.5 Å². The summed E-state index contributed by atoms with van der Waals surface area (Å²) < 4.78 is 67.9. The minimum atomic E-state index is -4.63. The van der Waals surface area contributed by atoms with E-state index in [4.69, 9.17) is 0 Å². The zero-order valence-corrected chi connectivity index (χ0v) is 20.5. The second kappa shape index (κ2) is 9.97. The molecule has 1 aliphatic heterocycles. The van der Waals surface area contributed by atoms with Gasteiger partial charge in [0.1, 0.15) is 5.82 Å². The predicted molar refractivity (Wildman–Crippen MR) is 130 cm³/mol. The number of anilines is 1. The average Bonchev–Trinajstić information content (AvgIpc) is 2.83. The third-order valence-corrected chi connectivity index (χ3v) is 7.68. The van der Waals surface area contributed by atoms with Crippen molar-refractivity contribution >= 4 is 15.7 Å². The summed E-state index contributed by atoms with van der Waals surface area (Å²) in [7, 11) is -3.93. The van der Waals surface area contributed by atoms with Crippen LogP contribution in [0.25, 0.3) is 11.3 Å². The van der Waals surface area contributed by atoms with Gasteiger partial charge < -0.3 is 4.90 Å². The molecule has 0 amide bonds. The standard InChI is InChI=1S/C26H28F3N3O2S/c1-18(2)20-9-4-5-10-21(20)25-22(26(27,28)29)14-13-19(30-25)17-35(33,34)24-12-8-11-23(31-24)32-15-6-3-7-16-32/h4-5,8-14,18H,3,6-7,15-17H2,1-2H3. The van der Waals surface area contributed by atoms with Crippen molar-refractivity contribution in [1.29, 1.82) is 0 Å². The van der Waals surface area contributed by atoms with E-state index in [0.717, 1.165) is 44.5 Å². The third-order valence-electron chi connectivity index (χ3n) is 6.14. The van der Waals surface area contributed by atoms with Crippen LogP contribution in [0.2, 0.25) is 0 Å². The second-order valence-electron chi connectivity index (χ2n) is 9.08. The summed E-state index contributed by atoms with van der Waals surface area (Å²) in [6.45, 7) is 5.41. The zero-order valence-electron chi connectivity index (χ0n) is 19.7. The van der Waals surface area contributed by atoms with E-state index in [1.54, 1.807) is 36.4 Å². The van der Waals surface area contributed by atoms with E-state index in [1.807, 2.05) is 13.8 Å². The van der Waals surface area contributed by atoms with Crippen LogP contribution < -0.4 is 4.90 Å². The van der Waals surface area contributed by atoms with Crippen LogP contribution in [0.1, 0.15) is 55.8 Å². The molecule has 9 heteroatoms. The zero-order chi connectivity index (χ0) is 25.2. The molecule has 2 aromatic heterocycles. The summed E-state index contributed by atoms with van der Waals surface area (Å²) in [6.07, 6.45) is -1.45. The third kappa shape index (κ3) is 5.66. The highest BCUT2D eigenvalue weighted by Crippen LogP contribution is 2.39. The molecule has 0 saturated carbocycles. The Morgan fingerprint density at radius 3 is 2.31 bits per heavy atom. The van der Waals surface area contributed by atoms with Crippen LogP contribution in [0.5, 0.6) is 0 Å². The lowest BCUT2D eigenvalue weighted by molar-refractivity contribution is -0.137. The molecule has 1 fully saturated rings. The summed E-state index contributed by atoms with van der Waals surface area (Å²) in [5.74, 6) is 0.0132. The minimum Gasteiger partial charge on any atom is -0.357 e. The number of benzene rings is 1. The maximum absolute atomic E-state index is 13.8. The molecule has 1 aliphatic rings. The molecular weight excluding hydrogens is 475 g/mol. The molecule has 3 heterocycles. The predicted octanol–water partition coefficient (Wildman–Crippen LogP) is 6.25. The summed E-state index contributed by atoms with van der Waals surface area (Å²) in [4.78, 5) is 10.7. The van der Waals surface area contributed by atoms with Gasteiger partial charge in [-0.15, -0.1) is 0 Å². The van der Waals surface area contributed by atoms with Crippen LogP contribution in [0, 0.1) is 0 Å². The molecule has 1 saturated heterocycles. The van der Waals surface area contributed by atoms with Gasteiger partial charge in [0.2, 0.25) is 9.84 Å². The largest absolute Gasteiger partial charge is 0.418 e. The number of rotatable bonds is 6. The van der Waals surface area contributed by atoms with E-state index in [0.29, 0.717) is 16.9 Å². The van der Waals surface area contributed by atoms with Crippen LogP contribution >= 0.6 is 0 Å². The Morgan fingerprint density at radius 2 is 1.63 bits per heavy atom. The van der Waals surface area contributed by atoms with Gasteiger partial charge in [0.25, 0.3) is 0 Å². The van der Waals surface area contributed by atoms with Crippen molar-refractivity contribution in [3.8, 4) is 11.3 Å². The fraction of sp³-hybridized carbons (Fsp3) is 0.385. The molecule has 0 spiro atoms. The lowest BCUT2D eigenvalue weighted by Crippen LogP contribution is -2.30. The SMILES string of the molecule is CC(C)c1ccccc1-c1nc(CS(=O)(=O)c2cccc(N3CCCCC3)n2)ccc1C(F)(F)F. The molecule has 186 valence electrons. The van der Waals surface area contributed by atoms with Gasteiger partial charge in [-0.2, -0.15) is 13.2 Å². The minimum absolute atomic E-state index is 0.0386. The lowest BCUT2D eigenvalue weighted by atomic mass is 9.93. The number of nitrogens with zero attached hydrogens (tertiary/aromatic N) is 3. The number of alkyl halides is 3. The Kier molecular flexibility index (Phi) is 7.17. The number of aromatic nitrogens is 2. The van der Waals surface area contributed by atoms with Gasteiger partial charge in [-0.05, 0) is 55.0 Å². The van der Waals surface area contributed by atoms with Gasteiger partial charge in [0, 0.05) is 18.7 Å². The number of halogens is 3. The lowest BCUT2D eigenvalue weighted by Gasteiger charge is -2.27. The molecule has 0 radical (unpaired) electrons. The molecule has 0 unspecified atom stereocenters. The topological polar surface area (TPSA) is 63.2 Å². The fourth-order valence-electron chi connectivity index (χ4n) is 4.38. The van der Waals surface area contributed by atoms with Crippen molar-refractivity contribution < 1.29 is 21.6 Å². The molecule has 4 rings (SSSR count). The number of hydrogen-bond donors (Lipinski definition) is 0. The number of piperidine rings is 1. The highest BCUT2D eigenvalue weighted by molar-refractivity contribution is 7.90. The van der Waals surface area contributed by atoms with Gasteiger partial charge >= 0.3 is 6.18 Å². The molecule has 5 nitrogen and oxygen atoms in total. The molecule has 0 N–H and O–H groups in total. The quantitative estimate of drug-likeness (QED) is 0.398. The van der Waals surface area contributed by atoms with E-state index in [-0.39, 0.29) is 22.3 Å². The summed E-state index contributed by atoms with van der Waals surface area (Å²) in [5.41, 5.74) is -0.0565. The van der Waals surface area contributed by atoms with Crippen LogP contribution in [0.15, 0.2) is 59.6 Å². The monoisotopic (exact) mass is 503 g/mol. The second-order valence-corrected chi connectivity index (χ2v) is 11.0. The van der Waals surface area contributed by atoms with E-state index < -0.39 is 27.3 Å². The van der Waals surface area contributed by atoms with Gasteiger partial charge in [-0.25, -0.2) is 13.4 Å². The van der Waals surface area contributed by atoms with Crippen LogP contribution in [0.4, 0.5) is 19.0 Å². The van der Waals surface area contributed by atoms with Gasteiger partial charge in [0.15, 0.2) is 5.03 Å². The molecule has 0 aliphatic carbocycles. The first-order valence-corrected chi connectivity index (χ1v) is 13.3. The maximum atomic E-state index is 13.8.